The summed E-state index contributed by atoms with van der Waals surface area (Å²) in [6.07, 6.45) is 1.18. The van der Waals surface area contributed by atoms with Gasteiger partial charge in [-0.2, -0.15) is 18.3 Å². The molecular weight excluding hydrogens is 539 g/mol. The van der Waals surface area contributed by atoms with E-state index < -0.39 is 47.4 Å². The number of amides is 1. The summed E-state index contributed by atoms with van der Waals surface area (Å²) >= 11 is 0. The number of fused-ring (bicyclic) bond motifs is 1. The Balaban J connectivity index is 1.50. The predicted octanol–water partition coefficient (Wildman–Crippen LogP) is 7.52. The molecule has 0 radical (unpaired) electrons. The molecule has 216 valence electrons. The number of benzene rings is 1. The minimum Gasteiger partial charge on any atom is -0.346 e. The zero-order valence-electron chi connectivity index (χ0n) is 22.9. The van der Waals surface area contributed by atoms with Crippen molar-refractivity contribution in [2.45, 2.75) is 71.1 Å². The number of aryl methyl sites for hydroxylation is 1. The Hall–Kier alpha value is -3.82. The Morgan fingerprint density at radius 3 is 2.56 bits per heavy atom. The number of aromatic nitrogens is 3. The Labute approximate surface area is 235 Å². The molecule has 5 rings (SSSR count). The van der Waals surface area contributed by atoms with Crippen molar-refractivity contribution in [3.63, 3.8) is 0 Å². The van der Waals surface area contributed by atoms with Gasteiger partial charge in [-0.1, -0.05) is 37.3 Å². The highest BCUT2D eigenvalue weighted by atomic mass is 19.4. The molecule has 0 aliphatic heterocycles. The molecule has 1 aromatic carbocycles. The molecule has 0 fully saturated rings. The van der Waals surface area contributed by atoms with Crippen molar-refractivity contribution >= 4 is 5.91 Å². The molecule has 2 aromatic heterocycles. The number of pyridine rings is 1. The van der Waals surface area contributed by atoms with Gasteiger partial charge >= 0.3 is 6.18 Å². The van der Waals surface area contributed by atoms with Crippen LogP contribution in [0.25, 0.3) is 11.1 Å². The summed E-state index contributed by atoms with van der Waals surface area (Å²) in [4.78, 5) is 18.1. The summed E-state index contributed by atoms with van der Waals surface area (Å²) in [5.74, 6) is -1.88. The predicted molar refractivity (Wildman–Crippen MR) is 145 cm³/mol. The van der Waals surface area contributed by atoms with E-state index in [1.807, 2.05) is 37.3 Å². The van der Waals surface area contributed by atoms with E-state index >= 15 is 0 Å². The van der Waals surface area contributed by atoms with Gasteiger partial charge in [-0.25, -0.2) is 8.78 Å². The van der Waals surface area contributed by atoms with Crippen LogP contribution < -0.4 is 5.32 Å². The zero-order chi connectivity index (χ0) is 29.4. The summed E-state index contributed by atoms with van der Waals surface area (Å²) in [5.41, 5.74) is 1.73. The van der Waals surface area contributed by atoms with Crippen molar-refractivity contribution in [2.75, 3.05) is 0 Å². The SMILES string of the molecule is Cc1ccccc1-c1cccnc1[C@H](CC1(C)C=C(F)C=C(F)C1)NC(=O)Cn1nc(C(F)(F)F)c2c1CCCC2. The topological polar surface area (TPSA) is 59.8 Å². The van der Waals surface area contributed by atoms with Crippen LogP contribution in [0.2, 0.25) is 0 Å². The lowest BCUT2D eigenvalue weighted by molar-refractivity contribution is -0.142. The lowest BCUT2D eigenvalue weighted by Gasteiger charge is -2.33. The second-order valence-electron chi connectivity index (χ2n) is 11.2. The Morgan fingerprint density at radius 2 is 1.83 bits per heavy atom. The third-order valence-electron chi connectivity index (χ3n) is 7.78. The third-order valence-corrected chi connectivity index (χ3v) is 7.78. The van der Waals surface area contributed by atoms with Gasteiger partial charge in [-0.15, -0.1) is 0 Å². The molecule has 1 unspecified atom stereocenters. The molecule has 2 heterocycles. The highest BCUT2D eigenvalue weighted by Crippen LogP contribution is 2.43. The highest BCUT2D eigenvalue weighted by molar-refractivity contribution is 5.77. The number of rotatable bonds is 7. The van der Waals surface area contributed by atoms with Gasteiger partial charge in [0.2, 0.25) is 5.91 Å². The van der Waals surface area contributed by atoms with Crippen LogP contribution in [0.15, 0.2) is 66.4 Å². The molecule has 2 atom stereocenters. The normalized spacial score (nSPS) is 19.7. The van der Waals surface area contributed by atoms with Gasteiger partial charge in [0, 0.05) is 35.5 Å². The van der Waals surface area contributed by atoms with Crippen LogP contribution in [0.5, 0.6) is 0 Å². The minimum absolute atomic E-state index is 0.0685. The number of hydrogen-bond donors (Lipinski definition) is 1. The smallest absolute Gasteiger partial charge is 0.346 e. The molecule has 2 aliphatic rings. The van der Waals surface area contributed by atoms with Crippen LogP contribution in [0.4, 0.5) is 22.0 Å². The Morgan fingerprint density at radius 1 is 1.10 bits per heavy atom. The van der Waals surface area contributed by atoms with Crippen LogP contribution in [0.1, 0.15) is 66.9 Å². The van der Waals surface area contributed by atoms with Gasteiger partial charge in [0.25, 0.3) is 0 Å². The average Bonchev–Trinajstić information content (AvgIpc) is 3.26. The molecule has 1 N–H and O–H groups in total. The van der Waals surface area contributed by atoms with Gasteiger partial charge in [0.05, 0.1) is 11.7 Å². The van der Waals surface area contributed by atoms with E-state index in [0.717, 1.165) is 27.4 Å². The first-order valence-electron chi connectivity index (χ1n) is 13.6. The van der Waals surface area contributed by atoms with Crippen molar-refractivity contribution in [1.29, 1.82) is 0 Å². The fourth-order valence-electron chi connectivity index (χ4n) is 6.03. The lowest BCUT2D eigenvalue weighted by atomic mass is 9.76. The maximum absolute atomic E-state index is 14.4. The van der Waals surface area contributed by atoms with E-state index in [4.69, 9.17) is 0 Å². The van der Waals surface area contributed by atoms with Gasteiger partial charge in [-0.05, 0) is 67.7 Å². The largest absolute Gasteiger partial charge is 0.435 e. The minimum atomic E-state index is -4.62. The summed E-state index contributed by atoms with van der Waals surface area (Å²) in [5, 5.41) is 6.74. The fraction of sp³-hybridized carbons (Fsp3) is 0.387. The van der Waals surface area contributed by atoms with Crippen LogP contribution >= 0.6 is 0 Å². The Bertz CT molecular complexity index is 1520. The maximum Gasteiger partial charge on any atom is 0.435 e. The number of alkyl halides is 3. The van der Waals surface area contributed by atoms with E-state index in [2.05, 4.69) is 15.4 Å². The van der Waals surface area contributed by atoms with Crippen molar-refractivity contribution in [2.24, 2.45) is 5.41 Å². The molecule has 41 heavy (non-hydrogen) atoms. The number of hydrogen-bond acceptors (Lipinski definition) is 3. The number of halogens is 5. The monoisotopic (exact) mass is 570 g/mol. The van der Waals surface area contributed by atoms with Gasteiger partial charge < -0.3 is 5.32 Å². The third kappa shape index (κ3) is 6.26. The molecule has 0 spiro atoms. The number of nitrogens with one attached hydrogen (secondary N) is 1. The van der Waals surface area contributed by atoms with E-state index in [9.17, 15) is 26.7 Å². The van der Waals surface area contributed by atoms with E-state index in [0.29, 0.717) is 30.7 Å². The van der Waals surface area contributed by atoms with Gasteiger partial charge in [0.1, 0.15) is 18.2 Å². The molecule has 0 saturated carbocycles. The molecule has 3 aromatic rings. The zero-order valence-corrected chi connectivity index (χ0v) is 22.9. The maximum atomic E-state index is 14.4. The average molecular weight is 571 g/mol. The molecule has 10 heteroatoms. The van der Waals surface area contributed by atoms with Gasteiger partial charge in [0.15, 0.2) is 5.69 Å². The summed E-state index contributed by atoms with van der Waals surface area (Å²) in [7, 11) is 0. The van der Waals surface area contributed by atoms with Crippen LogP contribution in [0.3, 0.4) is 0 Å². The lowest BCUT2D eigenvalue weighted by Crippen LogP contribution is -2.36. The first kappa shape index (κ1) is 28.7. The molecule has 0 saturated heterocycles. The van der Waals surface area contributed by atoms with Crippen LogP contribution in [0, 0.1) is 12.3 Å². The van der Waals surface area contributed by atoms with Crippen molar-refractivity contribution in [3.8, 4) is 11.1 Å². The first-order chi connectivity index (χ1) is 19.4. The second-order valence-corrected chi connectivity index (χ2v) is 11.2. The molecule has 1 amide bonds. The Kier molecular flexibility index (Phi) is 7.85. The van der Waals surface area contributed by atoms with Crippen LogP contribution in [-0.2, 0) is 30.4 Å². The number of carbonyl (C=O) groups is 1. The summed E-state index contributed by atoms with van der Waals surface area (Å²) < 4.78 is 71.0. The second kappa shape index (κ2) is 11.2. The number of carbonyl (C=O) groups excluding carboxylic acids is 1. The molecule has 2 aliphatic carbocycles. The molecular formula is C31H31F5N4O. The quantitative estimate of drug-likeness (QED) is 0.299. The number of nitrogens with zero attached hydrogens (tertiary/aromatic N) is 3. The molecule has 5 nitrogen and oxygen atoms in total. The fourth-order valence-corrected chi connectivity index (χ4v) is 6.03. The van der Waals surface area contributed by atoms with Crippen LogP contribution in [-0.4, -0.2) is 20.7 Å². The highest BCUT2D eigenvalue weighted by Gasteiger charge is 2.40. The van der Waals surface area contributed by atoms with Crippen molar-refractivity contribution in [3.05, 3.63) is 94.6 Å². The molecule has 0 bridgehead atoms. The van der Waals surface area contributed by atoms with E-state index in [-0.39, 0.29) is 24.8 Å². The van der Waals surface area contributed by atoms with Crippen molar-refractivity contribution in [1.82, 2.24) is 20.1 Å². The van der Waals surface area contributed by atoms with E-state index in [1.165, 1.54) is 6.08 Å². The van der Waals surface area contributed by atoms with Crippen molar-refractivity contribution < 1.29 is 26.7 Å². The standard InChI is InChI=1S/C31H31F5N4O/c1-19-8-3-4-9-22(19)23-11-7-13-37-28(23)25(17-30(2)15-20(32)14-21(33)16-30)38-27(41)18-40-26-12-6-5-10-24(26)29(39-40)31(34,35)36/h3-4,7-9,11,13-15,25H,5-6,10,12,16-18H2,1-2H3,(H,38,41)/t25-,30?/m0/s1. The summed E-state index contributed by atoms with van der Waals surface area (Å²) in [6, 6.07) is 10.5. The first-order valence-corrected chi connectivity index (χ1v) is 13.6. The summed E-state index contributed by atoms with van der Waals surface area (Å²) in [6.45, 7) is 3.23. The number of allylic oxidation sites excluding steroid dienone is 4. The van der Waals surface area contributed by atoms with E-state index in [1.54, 1.807) is 19.2 Å². The van der Waals surface area contributed by atoms with Gasteiger partial charge in [-0.3, -0.25) is 14.5 Å².